The molecule has 1 atom stereocenters. The molecular weight excluding hydrogens is 495 g/mol. The second-order valence-electron chi connectivity index (χ2n) is 7.42. The molecule has 1 saturated heterocycles. The van der Waals surface area contributed by atoms with E-state index in [9.17, 15) is 0 Å². The third-order valence-corrected chi connectivity index (χ3v) is 5.40. The van der Waals surface area contributed by atoms with Gasteiger partial charge in [-0.1, -0.05) is 6.42 Å². The molecule has 0 radical (unpaired) electrons. The summed E-state index contributed by atoms with van der Waals surface area (Å²) in [6.07, 6.45) is 6.42. The average molecular weight is 526 g/mol. The summed E-state index contributed by atoms with van der Waals surface area (Å²) in [5, 5.41) is 6.82. The topological polar surface area (TPSA) is 71.3 Å². The van der Waals surface area contributed by atoms with Gasteiger partial charge in [-0.3, -0.25) is 9.89 Å². The number of furan rings is 1. The highest BCUT2D eigenvalue weighted by molar-refractivity contribution is 14.0. The van der Waals surface area contributed by atoms with Crippen molar-refractivity contribution in [1.82, 2.24) is 10.2 Å². The van der Waals surface area contributed by atoms with Crippen molar-refractivity contribution in [2.45, 2.75) is 31.7 Å². The largest absolute Gasteiger partial charge is 0.490 e. The van der Waals surface area contributed by atoms with Gasteiger partial charge in [0.1, 0.15) is 5.76 Å². The van der Waals surface area contributed by atoms with Crippen molar-refractivity contribution in [3.05, 3.63) is 42.4 Å². The molecule has 0 spiro atoms. The van der Waals surface area contributed by atoms with Crippen LogP contribution in [-0.2, 0) is 0 Å². The van der Waals surface area contributed by atoms with Crippen LogP contribution in [0.25, 0.3) is 0 Å². The van der Waals surface area contributed by atoms with Crippen molar-refractivity contribution in [2.24, 2.45) is 4.99 Å². The summed E-state index contributed by atoms with van der Waals surface area (Å²) in [5.74, 6) is 3.27. The van der Waals surface area contributed by atoms with Crippen LogP contribution >= 0.6 is 24.0 Å². The Morgan fingerprint density at radius 2 is 1.87 bits per heavy atom. The molecule has 2 aliphatic rings. The number of fused-ring (bicyclic) bond motifs is 1. The van der Waals surface area contributed by atoms with Crippen molar-refractivity contribution in [3.8, 4) is 11.5 Å². The molecule has 0 saturated carbocycles. The smallest absolute Gasteiger partial charge is 0.195 e. The zero-order chi connectivity index (χ0) is 19.9. The molecule has 1 aromatic carbocycles. The van der Waals surface area contributed by atoms with Gasteiger partial charge in [-0.15, -0.1) is 24.0 Å². The Hall–Kier alpha value is -1.94. The van der Waals surface area contributed by atoms with Crippen LogP contribution in [0, 0.1) is 0 Å². The van der Waals surface area contributed by atoms with Gasteiger partial charge in [0.05, 0.1) is 25.5 Å². The Bertz CT molecular complexity index is 807. The molecule has 2 aliphatic heterocycles. The van der Waals surface area contributed by atoms with E-state index in [1.807, 2.05) is 24.3 Å². The average Bonchev–Trinajstić information content (AvgIpc) is 3.19. The first kappa shape index (κ1) is 22.7. The maximum Gasteiger partial charge on any atom is 0.195 e. The third-order valence-electron chi connectivity index (χ3n) is 5.40. The zero-order valence-electron chi connectivity index (χ0n) is 17.4. The highest BCUT2D eigenvalue weighted by atomic mass is 127. The quantitative estimate of drug-likeness (QED) is 0.345. The Balaban J connectivity index is 0.00000256. The van der Waals surface area contributed by atoms with E-state index in [1.165, 1.54) is 19.3 Å². The van der Waals surface area contributed by atoms with Crippen molar-refractivity contribution in [1.29, 1.82) is 0 Å². The lowest BCUT2D eigenvalue weighted by Crippen LogP contribution is -2.42. The van der Waals surface area contributed by atoms with E-state index in [0.29, 0.717) is 19.2 Å². The van der Waals surface area contributed by atoms with Gasteiger partial charge < -0.3 is 24.5 Å². The first-order chi connectivity index (χ1) is 14.3. The summed E-state index contributed by atoms with van der Waals surface area (Å²) in [4.78, 5) is 6.88. The van der Waals surface area contributed by atoms with Crippen LogP contribution in [0.5, 0.6) is 11.5 Å². The van der Waals surface area contributed by atoms with Crippen molar-refractivity contribution < 1.29 is 13.9 Å². The van der Waals surface area contributed by atoms with Crippen molar-refractivity contribution in [2.75, 3.05) is 45.2 Å². The molecule has 0 bridgehead atoms. The number of hydrogen-bond donors (Lipinski definition) is 2. The van der Waals surface area contributed by atoms with Gasteiger partial charge in [0.15, 0.2) is 17.5 Å². The summed E-state index contributed by atoms with van der Waals surface area (Å²) in [7, 11) is 1.78. The van der Waals surface area contributed by atoms with Gasteiger partial charge in [0, 0.05) is 31.8 Å². The fraction of sp³-hybridized carbons (Fsp3) is 0.500. The number of hydrogen-bond acceptors (Lipinski definition) is 5. The first-order valence-corrected chi connectivity index (χ1v) is 10.5. The standard InChI is InChI=1S/C22H30N4O3.HI/c1-23-22(25-17-8-9-20-21(15-17)29-14-6-13-28-20)24-16-18(19-7-5-12-27-19)26-10-3-2-4-11-26;/h5,7-9,12,15,18H,2-4,6,10-11,13-14,16H2,1H3,(H2,23,24,25);1H. The minimum Gasteiger partial charge on any atom is -0.490 e. The second-order valence-corrected chi connectivity index (χ2v) is 7.42. The summed E-state index contributed by atoms with van der Waals surface area (Å²) >= 11 is 0. The molecule has 30 heavy (non-hydrogen) atoms. The van der Waals surface area contributed by atoms with E-state index in [1.54, 1.807) is 13.3 Å². The number of likely N-dealkylation sites (tertiary alicyclic amines) is 1. The van der Waals surface area contributed by atoms with Crippen LogP contribution in [0.1, 0.15) is 37.5 Å². The molecule has 0 amide bonds. The molecule has 8 heteroatoms. The Kier molecular flexibility index (Phi) is 8.68. The van der Waals surface area contributed by atoms with Gasteiger partial charge in [-0.25, -0.2) is 0 Å². The number of aliphatic imine (C=N–C) groups is 1. The molecule has 7 nitrogen and oxygen atoms in total. The maximum atomic E-state index is 5.79. The van der Waals surface area contributed by atoms with E-state index in [0.717, 1.165) is 49.0 Å². The first-order valence-electron chi connectivity index (χ1n) is 10.5. The number of ether oxygens (including phenoxy) is 2. The maximum absolute atomic E-state index is 5.79. The van der Waals surface area contributed by atoms with Crippen molar-refractivity contribution >= 4 is 35.6 Å². The predicted molar refractivity (Wildman–Crippen MR) is 129 cm³/mol. The van der Waals surface area contributed by atoms with E-state index in [2.05, 4.69) is 26.6 Å². The summed E-state index contributed by atoms with van der Waals surface area (Å²) in [6, 6.07) is 10.1. The minimum atomic E-state index is 0. The monoisotopic (exact) mass is 526 g/mol. The molecule has 2 N–H and O–H groups in total. The van der Waals surface area contributed by atoms with Gasteiger partial charge >= 0.3 is 0 Å². The lowest BCUT2D eigenvalue weighted by Gasteiger charge is -2.33. The highest BCUT2D eigenvalue weighted by Gasteiger charge is 2.24. The van der Waals surface area contributed by atoms with Crippen molar-refractivity contribution in [3.63, 3.8) is 0 Å². The van der Waals surface area contributed by atoms with E-state index >= 15 is 0 Å². The van der Waals surface area contributed by atoms with Gasteiger partial charge in [-0.2, -0.15) is 0 Å². The van der Waals surface area contributed by atoms with Crippen LogP contribution in [0.3, 0.4) is 0 Å². The Morgan fingerprint density at radius 1 is 1.07 bits per heavy atom. The van der Waals surface area contributed by atoms with E-state index < -0.39 is 0 Å². The predicted octanol–water partition coefficient (Wildman–Crippen LogP) is 4.27. The number of nitrogens with zero attached hydrogens (tertiary/aromatic N) is 2. The molecule has 1 unspecified atom stereocenters. The number of rotatable bonds is 5. The molecule has 4 rings (SSSR count). The lowest BCUT2D eigenvalue weighted by molar-refractivity contribution is 0.146. The number of halogens is 1. The molecule has 1 fully saturated rings. The molecule has 2 aromatic rings. The molecule has 0 aliphatic carbocycles. The Morgan fingerprint density at radius 3 is 2.60 bits per heavy atom. The molecule has 3 heterocycles. The number of benzene rings is 1. The number of guanidine groups is 1. The van der Waals surface area contributed by atoms with Gasteiger partial charge in [0.25, 0.3) is 0 Å². The number of piperidine rings is 1. The molecule has 1 aromatic heterocycles. The highest BCUT2D eigenvalue weighted by Crippen LogP contribution is 2.32. The van der Waals surface area contributed by atoms with Crippen LogP contribution < -0.4 is 20.1 Å². The summed E-state index contributed by atoms with van der Waals surface area (Å²) < 4.78 is 17.2. The number of anilines is 1. The summed E-state index contributed by atoms with van der Waals surface area (Å²) in [6.45, 7) is 4.28. The van der Waals surface area contributed by atoms with Crippen LogP contribution in [0.2, 0.25) is 0 Å². The van der Waals surface area contributed by atoms with Crippen LogP contribution in [0.4, 0.5) is 5.69 Å². The Labute approximate surface area is 195 Å². The fourth-order valence-electron chi connectivity index (χ4n) is 3.87. The molecule has 164 valence electrons. The normalized spacial score (nSPS) is 18.1. The third kappa shape index (κ3) is 5.81. The van der Waals surface area contributed by atoms with Crippen LogP contribution in [-0.4, -0.2) is 50.8 Å². The second kappa shape index (κ2) is 11.5. The fourth-order valence-corrected chi connectivity index (χ4v) is 3.87. The minimum absolute atomic E-state index is 0. The summed E-state index contributed by atoms with van der Waals surface area (Å²) in [5.41, 5.74) is 0.912. The van der Waals surface area contributed by atoms with Gasteiger partial charge in [0.2, 0.25) is 0 Å². The SMILES string of the molecule is CN=C(NCC(c1ccco1)N1CCCCC1)Nc1ccc2c(c1)OCCCO2.I. The number of nitrogens with one attached hydrogen (secondary N) is 2. The van der Waals surface area contributed by atoms with Gasteiger partial charge in [-0.05, 0) is 50.2 Å². The van der Waals surface area contributed by atoms with E-state index in [4.69, 9.17) is 13.9 Å². The van der Waals surface area contributed by atoms with E-state index in [-0.39, 0.29) is 30.0 Å². The lowest BCUT2D eigenvalue weighted by atomic mass is 10.1. The van der Waals surface area contributed by atoms with Crippen LogP contribution in [0.15, 0.2) is 46.0 Å². The zero-order valence-corrected chi connectivity index (χ0v) is 19.8. The molecular formula is C22H31IN4O3.